The summed E-state index contributed by atoms with van der Waals surface area (Å²) in [6.45, 7) is 26.1. The van der Waals surface area contributed by atoms with Gasteiger partial charge in [-0.1, -0.05) is 74.7 Å². The highest BCUT2D eigenvalue weighted by molar-refractivity contribution is 7.65. The molecule has 0 radical (unpaired) electrons. The van der Waals surface area contributed by atoms with E-state index in [9.17, 15) is 0 Å². The molecule has 1 atom stereocenters. The predicted molar refractivity (Wildman–Crippen MR) is 114 cm³/mol. The molecular weight excluding hydrogens is 385 g/mol. The lowest BCUT2D eigenvalue weighted by Gasteiger charge is -2.60. The molecule has 0 aromatic carbocycles. The normalized spacial score (nSPS) is 17.0. The van der Waals surface area contributed by atoms with Gasteiger partial charge in [-0.3, -0.25) is 0 Å². The third-order valence-corrected chi connectivity index (χ3v) is 23.9. The van der Waals surface area contributed by atoms with Gasteiger partial charge in [-0.15, -0.1) is 33.2 Å². The minimum atomic E-state index is -2.81. The van der Waals surface area contributed by atoms with E-state index in [1.165, 1.54) is 0 Å². The summed E-state index contributed by atoms with van der Waals surface area (Å²) in [5, 5.41) is 0.473. The first-order chi connectivity index (χ1) is 9.31. The Bertz CT molecular complexity index is 353. The Morgan fingerprint density at radius 3 is 1.18 bits per heavy atom. The zero-order valence-corrected chi connectivity index (χ0v) is 21.6. The predicted octanol–water partition coefficient (Wildman–Crippen LogP) is 7.27. The second-order valence-electron chi connectivity index (χ2n) is 9.45. The van der Waals surface area contributed by atoms with Crippen molar-refractivity contribution in [2.45, 2.75) is 96.8 Å². The van der Waals surface area contributed by atoms with Gasteiger partial charge in [0.15, 0.2) is 0 Å². The van der Waals surface area contributed by atoms with Crippen LogP contribution in [0.3, 0.4) is 0 Å². The van der Waals surface area contributed by atoms with Crippen molar-refractivity contribution in [2.75, 3.05) is 0 Å². The molecule has 134 valence electrons. The highest BCUT2D eigenvalue weighted by Gasteiger charge is 2.57. The summed E-state index contributed by atoms with van der Waals surface area (Å²) in [5.74, 6) is 0. The third kappa shape index (κ3) is 4.77. The van der Waals surface area contributed by atoms with Crippen LogP contribution in [0, 0.1) is 0 Å². The molecule has 0 aromatic rings. The zero-order chi connectivity index (χ0) is 18.4. The van der Waals surface area contributed by atoms with Crippen molar-refractivity contribution in [3.05, 3.63) is 0 Å². The van der Waals surface area contributed by atoms with E-state index in [2.05, 4.69) is 78.9 Å². The molecule has 0 aliphatic rings. The van der Waals surface area contributed by atoms with Gasteiger partial charge in [-0.2, -0.15) is 0 Å². The van der Waals surface area contributed by atoms with Crippen LogP contribution in [0.15, 0.2) is 0 Å². The summed E-state index contributed by atoms with van der Waals surface area (Å²) >= 11 is 19.7. The quantitative estimate of drug-likeness (QED) is 0.333. The summed E-state index contributed by atoms with van der Waals surface area (Å²) in [7, 11) is -3.59. The van der Waals surface area contributed by atoms with Gasteiger partial charge in [0.2, 0.25) is 0 Å². The molecule has 0 amide bonds. The van der Waals surface area contributed by atoms with E-state index in [0.29, 0.717) is 0 Å². The fourth-order valence-electron chi connectivity index (χ4n) is 2.76. The van der Waals surface area contributed by atoms with Crippen molar-refractivity contribution in [1.29, 1.82) is 0 Å². The van der Waals surface area contributed by atoms with Crippen LogP contribution < -0.4 is 0 Å². The van der Waals surface area contributed by atoms with Crippen LogP contribution in [-0.2, 0) is 0 Å². The molecule has 0 heterocycles. The van der Waals surface area contributed by atoms with E-state index in [4.69, 9.17) is 33.2 Å². The van der Waals surface area contributed by atoms with E-state index in [0.717, 1.165) is 6.42 Å². The Labute approximate surface area is 156 Å². The maximum absolute atomic E-state index is 6.58. The minimum absolute atomic E-state index is 0.110. The maximum Gasteiger partial charge on any atom is 0.356 e. The molecule has 22 heavy (non-hydrogen) atoms. The average molecular weight is 421 g/mol. The van der Waals surface area contributed by atoms with Crippen LogP contribution in [0.1, 0.15) is 54.9 Å². The van der Waals surface area contributed by atoms with Crippen molar-refractivity contribution in [3.8, 4) is 0 Å². The largest absolute Gasteiger partial charge is 0.356 e. The smallest absolute Gasteiger partial charge is 0.342 e. The molecule has 0 N–H and O–H groups in total. The van der Waals surface area contributed by atoms with E-state index in [-0.39, 0.29) is 15.7 Å². The fourth-order valence-corrected chi connectivity index (χ4v) is 21.3. The SMILES string of the molecule is CCC(N([Si](C)(C)C(C)(C)C)[Si](C)(C)C(C)(C)C)[Si](Cl)(Cl)Cl. The summed E-state index contributed by atoms with van der Waals surface area (Å²) in [4.78, 5) is 0. The van der Waals surface area contributed by atoms with Crippen molar-refractivity contribution < 1.29 is 0 Å². The zero-order valence-electron chi connectivity index (χ0n) is 16.4. The van der Waals surface area contributed by atoms with Gasteiger partial charge in [0, 0.05) is 5.67 Å². The molecule has 7 heteroatoms. The molecule has 0 aromatic heterocycles. The molecule has 0 bridgehead atoms. The molecule has 1 nitrogen and oxygen atoms in total. The van der Waals surface area contributed by atoms with Gasteiger partial charge in [-0.05, 0) is 16.5 Å². The molecule has 1 unspecified atom stereocenters. The first-order valence-electron chi connectivity index (χ1n) is 8.18. The van der Waals surface area contributed by atoms with Crippen molar-refractivity contribution in [2.24, 2.45) is 0 Å². The number of hydrogen-bond donors (Lipinski definition) is 0. The third-order valence-electron chi connectivity index (χ3n) is 5.95. The molecule has 0 saturated carbocycles. The van der Waals surface area contributed by atoms with Gasteiger partial charge in [0.05, 0.1) is 0 Å². The highest BCUT2D eigenvalue weighted by atomic mass is 35.8. The average Bonchev–Trinajstić information content (AvgIpc) is 2.19. The van der Waals surface area contributed by atoms with Crippen LogP contribution in [0.25, 0.3) is 0 Å². The standard InChI is InChI=1S/C15H36Cl3NSi3/c1-12-13(22(16,17)18)19(20(8,9)14(2,3)4)21(10,11)15(5,6)7/h13H,12H2,1-11H3. The minimum Gasteiger partial charge on any atom is -0.342 e. The number of halogens is 3. The van der Waals surface area contributed by atoms with Crippen molar-refractivity contribution in [3.63, 3.8) is 0 Å². The first-order valence-corrected chi connectivity index (χ1v) is 19.2. The Balaban J connectivity index is 6.37. The first kappa shape index (κ1) is 23.5. The van der Waals surface area contributed by atoms with Gasteiger partial charge >= 0.3 is 6.00 Å². The molecule has 0 fully saturated rings. The summed E-state index contributed by atoms with van der Waals surface area (Å²) in [5.41, 5.74) is 0.110. The van der Waals surface area contributed by atoms with E-state index < -0.39 is 22.5 Å². The van der Waals surface area contributed by atoms with Crippen molar-refractivity contribution in [1.82, 2.24) is 4.23 Å². The van der Waals surface area contributed by atoms with Gasteiger partial charge in [0.1, 0.15) is 16.5 Å². The monoisotopic (exact) mass is 419 g/mol. The number of hydrogen-bond acceptors (Lipinski definition) is 1. The molecule has 0 aliphatic heterocycles. The van der Waals surface area contributed by atoms with Crippen LogP contribution in [0.2, 0.25) is 36.3 Å². The summed E-state index contributed by atoms with van der Waals surface area (Å²) in [6.07, 6.45) is 0.918. The summed E-state index contributed by atoms with van der Waals surface area (Å²) in [6, 6.07) is -2.81. The molecule has 0 spiro atoms. The topological polar surface area (TPSA) is 3.24 Å². The molecule has 0 aliphatic carbocycles. The lowest BCUT2D eigenvalue weighted by Crippen LogP contribution is -2.73. The lowest BCUT2D eigenvalue weighted by atomic mass is 10.2. The number of rotatable bonds is 5. The van der Waals surface area contributed by atoms with Crippen LogP contribution in [-0.4, -0.2) is 32.4 Å². The van der Waals surface area contributed by atoms with Gasteiger partial charge < -0.3 is 4.23 Å². The van der Waals surface area contributed by atoms with E-state index >= 15 is 0 Å². The fraction of sp³-hybridized carbons (Fsp3) is 1.00. The molecular formula is C15H36Cl3NSi3. The molecule has 0 rings (SSSR count). The second-order valence-corrected chi connectivity index (χ2v) is 29.0. The second kappa shape index (κ2) is 7.01. The maximum atomic E-state index is 6.58. The number of nitrogens with zero attached hydrogens (tertiary/aromatic N) is 1. The van der Waals surface area contributed by atoms with Gasteiger partial charge in [-0.25, -0.2) is 0 Å². The van der Waals surface area contributed by atoms with Gasteiger partial charge in [0.25, 0.3) is 0 Å². The highest BCUT2D eigenvalue weighted by Crippen LogP contribution is 2.50. The van der Waals surface area contributed by atoms with E-state index in [1.807, 2.05) is 0 Å². The van der Waals surface area contributed by atoms with Crippen molar-refractivity contribution >= 4 is 55.7 Å². The Hall–Kier alpha value is 1.48. The van der Waals surface area contributed by atoms with Crippen LogP contribution >= 0.6 is 33.2 Å². The lowest BCUT2D eigenvalue weighted by molar-refractivity contribution is 0.471. The Morgan fingerprint density at radius 1 is 0.773 bits per heavy atom. The Morgan fingerprint density at radius 2 is 1.05 bits per heavy atom. The van der Waals surface area contributed by atoms with E-state index in [1.54, 1.807) is 0 Å². The van der Waals surface area contributed by atoms with Crippen LogP contribution in [0.4, 0.5) is 0 Å². The Kier molecular flexibility index (Phi) is 7.48. The van der Waals surface area contributed by atoms with Crippen LogP contribution in [0.5, 0.6) is 0 Å². The molecule has 0 saturated heterocycles. The summed E-state index contributed by atoms with van der Waals surface area (Å²) < 4.78 is 2.79.